The Kier molecular flexibility index (Phi) is 8.63. The monoisotopic (exact) mass is 570 g/mol. The summed E-state index contributed by atoms with van der Waals surface area (Å²) in [5.41, 5.74) is 0.263. The molecule has 32 heavy (non-hydrogen) atoms. The lowest BCUT2D eigenvalue weighted by molar-refractivity contribution is 0.0587. The number of benzene rings is 1. The summed E-state index contributed by atoms with van der Waals surface area (Å²) in [6, 6.07) is 8.52. The van der Waals surface area contributed by atoms with Gasteiger partial charge in [-0.05, 0) is 73.7 Å². The average Bonchev–Trinajstić information content (AvgIpc) is 2.66. The van der Waals surface area contributed by atoms with Gasteiger partial charge in [-0.1, -0.05) is 19.6 Å². The van der Waals surface area contributed by atoms with Crippen molar-refractivity contribution in [2.45, 2.75) is 52.1 Å². The summed E-state index contributed by atoms with van der Waals surface area (Å²) in [6.45, 7) is 12.5. The Morgan fingerprint density at radius 2 is 1.81 bits per heavy atom. The molecule has 0 saturated carbocycles. The molecule has 1 N–H and O–H groups in total. The summed E-state index contributed by atoms with van der Waals surface area (Å²) in [5, 5.41) is 3.14. The van der Waals surface area contributed by atoms with Crippen molar-refractivity contribution in [2.24, 2.45) is 0 Å². The molecule has 0 aliphatic rings. The van der Waals surface area contributed by atoms with E-state index in [2.05, 4.69) is 57.5 Å². The third kappa shape index (κ3) is 8.04. The fraction of sp³-hybridized carbons (Fsp3) is 0.455. The molecule has 2 rings (SSSR count). The molecule has 0 aliphatic carbocycles. The zero-order valence-electron chi connectivity index (χ0n) is 19.7. The molecular weight excluding hydrogens is 539 g/mol. The Hall–Kier alpha value is -2.21. The number of halogens is 1. The number of aromatic nitrogens is 2. The topological polar surface area (TPSA) is 93.7 Å². The second-order valence-corrected chi connectivity index (χ2v) is 16.4. The first-order valence-corrected chi connectivity index (χ1v) is 15.1. The molecule has 1 heterocycles. The Bertz CT molecular complexity index is 956. The Labute approximate surface area is 204 Å². The van der Waals surface area contributed by atoms with Crippen LogP contribution in [0.3, 0.4) is 0 Å². The van der Waals surface area contributed by atoms with Crippen LogP contribution >= 0.6 is 22.6 Å². The van der Waals surface area contributed by atoms with Crippen molar-refractivity contribution in [3.05, 3.63) is 33.4 Å². The molecular formula is C22H31IN4O4Si. The molecule has 8 nitrogen and oxygen atoms in total. The highest BCUT2D eigenvalue weighted by molar-refractivity contribution is 14.1. The van der Waals surface area contributed by atoms with Crippen LogP contribution in [0.25, 0.3) is 0 Å². The third-order valence-electron chi connectivity index (χ3n) is 4.18. The molecule has 1 aromatic carbocycles. The van der Waals surface area contributed by atoms with Gasteiger partial charge in [-0.15, -0.1) is 0 Å². The molecule has 0 aliphatic heterocycles. The SMILES string of the molecule is CN(C(=O)OC(C)(C)C)c1nc(Nc2ccc(I)cc2)c(C=O)c(OCC[Si](C)(C)C)n1. The van der Waals surface area contributed by atoms with Crippen LogP contribution in [0, 0.1) is 3.57 Å². The first kappa shape index (κ1) is 26.0. The Morgan fingerprint density at radius 3 is 2.34 bits per heavy atom. The summed E-state index contributed by atoms with van der Waals surface area (Å²) in [4.78, 5) is 34.5. The van der Waals surface area contributed by atoms with Gasteiger partial charge in [0.2, 0.25) is 11.8 Å². The molecule has 0 spiro atoms. The van der Waals surface area contributed by atoms with Crippen molar-refractivity contribution in [1.82, 2.24) is 9.97 Å². The zero-order chi connectivity index (χ0) is 24.1. The maximum atomic E-state index is 12.6. The summed E-state index contributed by atoms with van der Waals surface area (Å²) < 4.78 is 12.4. The molecule has 0 unspecified atom stereocenters. The number of anilines is 3. The maximum absolute atomic E-state index is 12.6. The van der Waals surface area contributed by atoms with Crippen LogP contribution in [0.1, 0.15) is 31.1 Å². The minimum absolute atomic E-state index is 0.0702. The standard InChI is InChI=1S/C22H31IN4O4Si/c1-22(2,3)31-21(29)27(4)20-25-18(24-16-10-8-15(23)9-11-16)17(14-28)19(26-20)30-12-13-32(5,6)7/h8-11,14H,12-13H2,1-7H3,(H,24,25,26). The number of nitrogens with one attached hydrogen (secondary N) is 1. The molecule has 10 heteroatoms. The normalized spacial score (nSPS) is 11.6. The van der Waals surface area contributed by atoms with E-state index in [4.69, 9.17) is 9.47 Å². The van der Waals surface area contributed by atoms with Crippen molar-refractivity contribution >= 4 is 60.5 Å². The van der Waals surface area contributed by atoms with Crippen LogP contribution in [0.4, 0.5) is 22.2 Å². The number of carbonyl (C=O) groups excluding carboxylic acids is 2. The Morgan fingerprint density at radius 1 is 1.19 bits per heavy atom. The van der Waals surface area contributed by atoms with Crippen molar-refractivity contribution < 1.29 is 19.1 Å². The van der Waals surface area contributed by atoms with E-state index in [-0.39, 0.29) is 23.2 Å². The first-order chi connectivity index (χ1) is 14.8. The number of aldehydes is 1. The van der Waals surface area contributed by atoms with Gasteiger partial charge in [0.15, 0.2) is 12.1 Å². The van der Waals surface area contributed by atoms with E-state index < -0.39 is 19.8 Å². The fourth-order valence-electron chi connectivity index (χ4n) is 2.43. The third-order valence-corrected chi connectivity index (χ3v) is 6.61. The van der Waals surface area contributed by atoms with Crippen LogP contribution in [-0.2, 0) is 4.74 Å². The minimum atomic E-state index is -1.36. The van der Waals surface area contributed by atoms with Gasteiger partial charge in [0.1, 0.15) is 11.2 Å². The van der Waals surface area contributed by atoms with Crippen molar-refractivity contribution in [1.29, 1.82) is 0 Å². The van der Waals surface area contributed by atoms with Crippen molar-refractivity contribution in [2.75, 3.05) is 23.9 Å². The fourth-order valence-corrected chi connectivity index (χ4v) is 3.51. The Balaban J connectivity index is 2.45. The lowest BCUT2D eigenvalue weighted by atomic mass is 10.2. The van der Waals surface area contributed by atoms with E-state index in [9.17, 15) is 9.59 Å². The van der Waals surface area contributed by atoms with Gasteiger partial charge in [0, 0.05) is 24.4 Å². The second kappa shape index (κ2) is 10.6. The minimum Gasteiger partial charge on any atom is -0.477 e. The highest BCUT2D eigenvalue weighted by atomic mass is 127. The summed E-state index contributed by atoms with van der Waals surface area (Å²) in [7, 11) is 0.162. The molecule has 0 atom stereocenters. The average molecular weight is 571 g/mol. The van der Waals surface area contributed by atoms with Crippen molar-refractivity contribution in [3.8, 4) is 5.88 Å². The van der Waals surface area contributed by atoms with Gasteiger partial charge in [0.25, 0.3) is 0 Å². The predicted octanol–water partition coefficient (Wildman–Crippen LogP) is 5.73. The van der Waals surface area contributed by atoms with E-state index in [0.29, 0.717) is 12.9 Å². The van der Waals surface area contributed by atoms with Crippen LogP contribution < -0.4 is 15.0 Å². The number of hydrogen-bond acceptors (Lipinski definition) is 7. The zero-order valence-corrected chi connectivity index (χ0v) is 22.8. The summed E-state index contributed by atoms with van der Waals surface area (Å²) >= 11 is 2.22. The second-order valence-electron chi connectivity index (χ2n) is 9.54. The van der Waals surface area contributed by atoms with Crippen LogP contribution in [0.15, 0.2) is 24.3 Å². The number of hydrogen-bond donors (Lipinski definition) is 1. The number of nitrogens with zero attached hydrogens (tertiary/aromatic N) is 3. The van der Waals surface area contributed by atoms with Crippen LogP contribution in [0.5, 0.6) is 5.88 Å². The highest BCUT2D eigenvalue weighted by Gasteiger charge is 2.25. The van der Waals surface area contributed by atoms with Gasteiger partial charge in [-0.2, -0.15) is 9.97 Å². The van der Waals surface area contributed by atoms with E-state index >= 15 is 0 Å². The largest absolute Gasteiger partial charge is 0.477 e. The molecule has 0 bridgehead atoms. The van der Waals surface area contributed by atoms with E-state index in [0.717, 1.165) is 15.3 Å². The summed E-state index contributed by atoms with van der Waals surface area (Å²) in [6.07, 6.45) is 0.0560. The maximum Gasteiger partial charge on any atom is 0.416 e. The van der Waals surface area contributed by atoms with Gasteiger partial charge < -0.3 is 14.8 Å². The van der Waals surface area contributed by atoms with Gasteiger partial charge >= 0.3 is 6.09 Å². The molecule has 1 aromatic heterocycles. The van der Waals surface area contributed by atoms with E-state index in [1.807, 2.05) is 24.3 Å². The lowest BCUT2D eigenvalue weighted by Gasteiger charge is -2.24. The highest BCUT2D eigenvalue weighted by Crippen LogP contribution is 2.28. The smallest absolute Gasteiger partial charge is 0.416 e. The van der Waals surface area contributed by atoms with E-state index in [1.165, 1.54) is 11.9 Å². The van der Waals surface area contributed by atoms with Crippen molar-refractivity contribution in [3.63, 3.8) is 0 Å². The van der Waals surface area contributed by atoms with Crippen LogP contribution in [0.2, 0.25) is 25.7 Å². The first-order valence-electron chi connectivity index (χ1n) is 10.3. The number of amides is 1. The van der Waals surface area contributed by atoms with Gasteiger partial charge in [-0.25, -0.2) is 9.69 Å². The lowest BCUT2D eigenvalue weighted by Crippen LogP contribution is -2.35. The summed E-state index contributed by atoms with van der Waals surface area (Å²) in [5.74, 6) is 0.456. The quantitative estimate of drug-likeness (QED) is 0.246. The number of carbonyl (C=O) groups is 2. The number of rotatable bonds is 8. The molecule has 174 valence electrons. The van der Waals surface area contributed by atoms with E-state index in [1.54, 1.807) is 20.8 Å². The molecule has 2 aromatic rings. The van der Waals surface area contributed by atoms with Gasteiger partial charge in [0.05, 0.1) is 6.61 Å². The molecule has 0 fully saturated rings. The molecule has 1 amide bonds. The number of ether oxygens (including phenoxy) is 2. The molecule has 0 radical (unpaired) electrons. The van der Waals surface area contributed by atoms with Crippen LogP contribution in [-0.4, -0.2) is 49.7 Å². The predicted molar refractivity (Wildman–Crippen MR) is 138 cm³/mol. The van der Waals surface area contributed by atoms with Gasteiger partial charge in [-0.3, -0.25) is 4.79 Å². The molecule has 0 saturated heterocycles.